The molecule has 2 rings (SSSR count). The van der Waals surface area contributed by atoms with Gasteiger partial charge in [0, 0.05) is 17.6 Å². The zero-order chi connectivity index (χ0) is 15.9. The van der Waals surface area contributed by atoms with Crippen molar-refractivity contribution in [1.82, 2.24) is 0 Å². The number of amides is 2. The summed E-state index contributed by atoms with van der Waals surface area (Å²) in [5.41, 5.74) is 11.7. The topological polar surface area (TPSA) is 107 Å². The zero-order valence-corrected chi connectivity index (χ0v) is 13.8. The van der Waals surface area contributed by atoms with Gasteiger partial charge in [0.15, 0.2) is 0 Å². The lowest BCUT2D eigenvalue weighted by Gasteiger charge is -2.25. The number of anilines is 1. The Bertz CT molecular complexity index is 522. The van der Waals surface area contributed by atoms with Crippen molar-refractivity contribution in [3.05, 3.63) is 24.3 Å². The van der Waals surface area contributed by atoms with Crippen molar-refractivity contribution >= 4 is 29.9 Å². The number of ether oxygens (including phenoxy) is 1. The van der Waals surface area contributed by atoms with Crippen molar-refractivity contribution in [2.75, 3.05) is 11.9 Å². The number of hydrogen-bond acceptors (Lipinski definition) is 4. The minimum atomic E-state index is -0.394. The molecule has 1 aliphatic rings. The van der Waals surface area contributed by atoms with Crippen molar-refractivity contribution in [3.8, 4) is 5.75 Å². The maximum absolute atomic E-state index is 12.2. The number of carbonyl (C=O) groups excluding carboxylic acids is 2. The van der Waals surface area contributed by atoms with E-state index in [-0.39, 0.29) is 43.3 Å². The van der Waals surface area contributed by atoms with Gasteiger partial charge in [-0.1, -0.05) is 6.42 Å². The number of halogens is 1. The Labute approximate surface area is 142 Å². The summed E-state index contributed by atoms with van der Waals surface area (Å²) in [6, 6.07) is 7.19. The van der Waals surface area contributed by atoms with Gasteiger partial charge in [-0.2, -0.15) is 0 Å². The molecule has 128 valence electrons. The first-order valence-electron chi connectivity index (χ1n) is 7.62. The normalized spacial score (nSPS) is 20.2. The van der Waals surface area contributed by atoms with E-state index in [0.717, 1.165) is 31.4 Å². The molecule has 23 heavy (non-hydrogen) atoms. The molecule has 0 spiro atoms. The van der Waals surface area contributed by atoms with Gasteiger partial charge in [0.2, 0.25) is 11.8 Å². The van der Waals surface area contributed by atoms with E-state index in [1.165, 1.54) is 0 Å². The zero-order valence-electron chi connectivity index (χ0n) is 13.0. The predicted octanol–water partition coefficient (Wildman–Crippen LogP) is 1.82. The van der Waals surface area contributed by atoms with Gasteiger partial charge < -0.3 is 21.5 Å². The van der Waals surface area contributed by atoms with Crippen LogP contribution in [0.5, 0.6) is 5.75 Å². The highest BCUT2D eigenvalue weighted by atomic mass is 35.5. The molecule has 2 unspecified atom stereocenters. The molecule has 6 nitrogen and oxygen atoms in total. The van der Waals surface area contributed by atoms with Crippen molar-refractivity contribution in [1.29, 1.82) is 0 Å². The quantitative estimate of drug-likeness (QED) is 0.733. The molecule has 2 amide bonds. The summed E-state index contributed by atoms with van der Waals surface area (Å²) in [5.74, 6) is 0.265. The molecule has 5 N–H and O–H groups in total. The van der Waals surface area contributed by atoms with Crippen molar-refractivity contribution in [3.63, 3.8) is 0 Å². The van der Waals surface area contributed by atoms with Gasteiger partial charge in [-0.25, -0.2) is 0 Å². The number of benzene rings is 1. The summed E-state index contributed by atoms with van der Waals surface area (Å²) in [4.78, 5) is 22.8. The Morgan fingerprint density at radius 2 is 1.91 bits per heavy atom. The van der Waals surface area contributed by atoms with Crippen LogP contribution in [0, 0.1) is 5.92 Å². The minimum absolute atomic E-state index is 0. The van der Waals surface area contributed by atoms with Gasteiger partial charge in [-0.3, -0.25) is 9.59 Å². The average molecular weight is 342 g/mol. The molecule has 0 heterocycles. The van der Waals surface area contributed by atoms with E-state index in [1.54, 1.807) is 24.3 Å². The molecule has 0 saturated heterocycles. The molecule has 1 fully saturated rings. The molecule has 1 aromatic carbocycles. The lowest BCUT2D eigenvalue weighted by atomic mass is 9.85. The highest BCUT2D eigenvalue weighted by Gasteiger charge is 2.25. The van der Waals surface area contributed by atoms with Crippen LogP contribution in [0.4, 0.5) is 5.69 Å². The van der Waals surface area contributed by atoms with Crippen molar-refractivity contribution < 1.29 is 14.3 Å². The van der Waals surface area contributed by atoms with E-state index in [9.17, 15) is 9.59 Å². The Morgan fingerprint density at radius 3 is 2.52 bits per heavy atom. The lowest BCUT2D eigenvalue weighted by Crippen LogP contribution is -2.34. The first-order valence-corrected chi connectivity index (χ1v) is 7.62. The van der Waals surface area contributed by atoms with Gasteiger partial charge in [0.05, 0.1) is 13.0 Å². The first kappa shape index (κ1) is 19.3. The summed E-state index contributed by atoms with van der Waals surface area (Å²) >= 11 is 0. The third-order valence-corrected chi connectivity index (χ3v) is 3.82. The maximum atomic E-state index is 12.2. The van der Waals surface area contributed by atoms with Crippen LogP contribution >= 0.6 is 12.4 Å². The monoisotopic (exact) mass is 341 g/mol. The third kappa shape index (κ3) is 6.46. The number of rotatable bonds is 6. The molecule has 0 bridgehead atoms. The Kier molecular flexibility index (Phi) is 7.85. The number of carbonyl (C=O) groups is 2. The van der Waals surface area contributed by atoms with Gasteiger partial charge in [0.25, 0.3) is 0 Å². The summed E-state index contributed by atoms with van der Waals surface area (Å²) in [5, 5.41) is 2.91. The molecule has 1 saturated carbocycles. The Hall–Kier alpha value is -1.79. The first-order chi connectivity index (χ1) is 10.5. The van der Waals surface area contributed by atoms with Gasteiger partial charge in [-0.15, -0.1) is 12.4 Å². The second-order valence-electron chi connectivity index (χ2n) is 5.70. The smallest absolute Gasteiger partial charge is 0.227 e. The second-order valence-corrected chi connectivity index (χ2v) is 5.70. The Morgan fingerprint density at radius 1 is 1.22 bits per heavy atom. The van der Waals surface area contributed by atoms with E-state index in [2.05, 4.69) is 5.32 Å². The molecular weight excluding hydrogens is 318 g/mol. The van der Waals surface area contributed by atoms with Crippen LogP contribution in [0.1, 0.15) is 32.1 Å². The summed E-state index contributed by atoms with van der Waals surface area (Å²) in [6.45, 7) is 0.251. The van der Waals surface area contributed by atoms with Crippen LogP contribution in [0.15, 0.2) is 24.3 Å². The van der Waals surface area contributed by atoms with E-state index in [4.69, 9.17) is 16.2 Å². The van der Waals surface area contributed by atoms with E-state index >= 15 is 0 Å². The SMILES string of the molecule is Cl.NC(=O)CCOc1ccc(NC(=O)C2CCCC(N)C2)cc1. The molecule has 7 heteroatoms. The molecule has 0 aliphatic heterocycles. The fourth-order valence-corrected chi connectivity index (χ4v) is 2.61. The van der Waals surface area contributed by atoms with Crippen molar-refractivity contribution in [2.45, 2.75) is 38.1 Å². The molecular formula is C16H24ClN3O3. The molecule has 2 atom stereocenters. The van der Waals surface area contributed by atoms with Crippen LogP contribution in [-0.4, -0.2) is 24.5 Å². The molecule has 0 aromatic heterocycles. The Balaban J connectivity index is 0.00000264. The third-order valence-electron chi connectivity index (χ3n) is 3.82. The lowest BCUT2D eigenvalue weighted by molar-refractivity contribution is -0.121. The van der Waals surface area contributed by atoms with Crippen LogP contribution in [-0.2, 0) is 9.59 Å². The number of nitrogens with one attached hydrogen (secondary N) is 1. The van der Waals surface area contributed by atoms with Gasteiger partial charge >= 0.3 is 0 Å². The standard InChI is InChI=1S/C16H23N3O3.ClH/c17-12-3-1-2-11(10-12)16(21)19-13-4-6-14(7-5-13)22-9-8-15(18)20;/h4-7,11-12H,1-3,8-10,17H2,(H2,18,20)(H,19,21);1H. The summed E-state index contributed by atoms with van der Waals surface area (Å²) in [6.07, 6.45) is 3.83. The highest BCUT2D eigenvalue weighted by Crippen LogP contribution is 2.25. The fourth-order valence-electron chi connectivity index (χ4n) is 2.61. The maximum Gasteiger partial charge on any atom is 0.227 e. The number of hydrogen-bond donors (Lipinski definition) is 3. The predicted molar refractivity (Wildman–Crippen MR) is 91.6 cm³/mol. The fraction of sp³-hybridized carbons (Fsp3) is 0.500. The summed E-state index contributed by atoms with van der Waals surface area (Å²) < 4.78 is 5.38. The minimum Gasteiger partial charge on any atom is -0.493 e. The van der Waals surface area contributed by atoms with E-state index in [1.807, 2.05) is 0 Å². The highest BCUT2D eigenvalue weighted by molar-refractivity contribution is 5.92. The summed E-state index contributed by atoms with van der Waals surface area (Å²) in [7, 11) is 0. The number of nitrogens with two attached hydrogens (primary N) is 2. The van der Waals surface area contributed by atoms with Crippen LogP contribution in [0.2, 0.25) is 0 Å². The van der Waals surface area contributed by atoms with Crippen molar-refractivity contribution in [2.24, 2.45) is 17.4 Å². The molecule has 1 aromatic rings. The van der Waals surface area contributed by atoms with Crippen LogP contribution in [0.3, 0.4) is 0 Å². The molecule has 0 radical (unpaired) electrons. The molecule has 1 aliphatic carbocycles. The van der Waals surface area contributed by atoms with Crippen LogP contribution < -0.4 is 21.5 Å². The average Bonchev–Trinajstić information content (AvgIpc) is 2.48. The second kappa shape index (κ2) is 9.37. The number of primary amides is 1. The van der Waals surface area contributed by atoms with Gasteiger partial charge in [0.1, 0.15) is 5.75 Å². The van der Waals surface area contributed by atoms with E-state index in [0.29, 0.717) is 5.75 Å². The van der Waals surface area contributed by atoms with Crippen LogP contribution in [0.25, 0.3) is 0 Å². The van der Waals surface area contributed by atoms with E-state index < -0.39 is 5.91 Å². The van der Waals surface area contributed by atoms with Gasteiger partial charge in [-0.05, 0) is 43.5 Å². The largest absolute Gasteiger partial charge is 0.493 e.